The van der Waals surface area contributed by atoms with Crippen LogP contribution in [0, 0.1) is 25.2 Å². The highest BCUT2D eigenvalue weighted by atomic mass is 16.3. The zero-order valence-corrected chi connectivity index (χ0v) is 15.7. The van der Waals surface area contributed by atoms with Gasteiger partial charge in [0.15, 0.2) is 5.82 Å². The van der Waals surface area contributed by atoms with E-state index in [4.69, 9.17) is 5.26 Å². The van der Waals surface area contributed by atoms with Crippen molar-refractivity contribution in [1.82, 2.24) is 14.8 Å². The summed E-state index contributed by atoms with van der Waals surface area (Å²) in [6.45, 7) is 4.44. The van der Waals surface area contributed by atoms with Crippen molar-refractivity contribution in [3.8, 4) is 28.9 Å². The molecular weight excluding hydrogens is 354 g/mol. The first-order chi connectivity index (χ1) is 13.5. The number of hydrogen-bond acceptors (Lipinski definition) is 5. The molecule has 3 heterocycles. The van der Waals surface area contributed by atoms with Gasteiger partial charge in [-0.25, -0.2) is 4.98 Å². The highest BCUT2D eigenvalue weighted by Crippen LogP contribution is 2.34. The predicted molar refractivity (Wildman–Crippen MR) is 104 cm³/mol. The van der Waals surface area contributed by atoms with Gasteiger partial charge >= 0.3 is 0 Å². The molecule has 0 bridgehead atoms. The summed E-state index contributed by atoms with van der Waals surface area (Å²) in [7, 11) is 0. The number of rotatable bonds is 3. The molecule has 1 aliphatic rings. The van der Waals surface area contributed by atoms with Crippen LogP contribution in [0.5, 0.6) is 5.88 Å². The summed E-state index contributed by atoms with van der Waals surface area (Å²) in [5.41, 5.74) is 4.27. The molecule has 1 N–H and O–H groups in total. The second kappa shape index (κ2) is 6.82. The Labute approximate surface area is 162 Å². The monoisotopic (exact) mass is 373 g/mol. The van der Waals surface area contributed by atoms with E-state index in [9.17, 15) is 9.90 Å². The molecule has 140 valence electrons. The zero-order valence-electron chi connectivity index (χ0n) is 15.7. The van der Waals surface area contributed by atoms with Crippen molar-refractivity contribution >= 4 is 11.6 Å². The molecule has 1 aromatic carbocycles. The largest absolute Gasteiger partial charge is 0.493 e. The number of anilines is 1. The Hall–Kier alpha value is -3.66. The van der Waals surface area contributed by atoms with Gasteiger partial charge in [0.25, 0.3) is 0 Å². The van der Waals surface area contributed by atoms with Crippen molar-refractivity contribution in [2.45, 2.75) is 26.7 Å². The number of aromatic nitrogens is 3. The number of aromatic hydroxyl groups is 1. The summed E-state index contributed by atoms with van der Waals surface area (Å²) in [5, 5.41) is 24.2. The number of nitriles is 1. The zero-order chi connectivity index (χ0) is 19.8. The number of pyridine rings is 1. The molecule has 7 nitrogen and oxygen atoms in total. The van der Waals surface area contributed by atoms with E-state index in [1.807, 2.05) is 19.9 Å². The van der Waals surface area contributed by atoms with Crippen LogP contribution in [-0.2, 0) is 4.79 Å². The van der Waals surface area contributed by atoms with E-state index in [-0.39, 0.29) is 11.8 Å². The number of hydrogen-bond donors (Lipinski definition) is 1. The van der Waals surface area contributed by atoms with Gasteiger partial charge in [-0.2, -0.15) is 15.0 Å². The van der Waals surface area contributed by atoms with Crippen LogP contribution in [0.1, 0.15) is 29.7 Å². The molecule has 28 heavy (non-hydrogen) atoms. The van der Waals surface area contributed by atoms with Crippen LogP contribution in [0.2, 0.25) is 0 Å². The average Bonchev–Trinajstić information content (AvgIpc) is 3.24. The summed E-state index contributed by atoms with van der Waals surface area (Å²) in [6.07, 6.45) is 3.08. The number of carbonyl (C=O) groups is 1. The van der Waals surface area contributed by atoms with Crippen molar-refractivity contribution in [2.24, 2.45) is 0 Å². The van der Waals surface area contributed by atoms with E-state index in [2.05, 4.69) is 16.2 Å². The molecule has 0 spiro atoms. The second-order valence-corrected chi connectivity index (χ2v) is 6.86. The smallest absolute Gasteiger partial charge is 0.227 e. The third-order valence-electron chi connectivity index (χ3n) is 4.99. The Balaban J connectivity index is 1.73. The lowest BCUT2D eigenvalue weighted by molar-refractivity contribution is -0.117. The van der Waals surface area contributed by atoms with Gasteiger partial charge < -0.3 is 10.0 Å². The average molecular weight is 373 g/mol. The molecule has 0 unspecified atom stereocenters. The van der Waals surface area contributed by atoms with Gasteiger partial charge in [-0.15, -0.1) is 0 Å². The standard InChI is InChI=1S/C21H19N5O2/c1-13-10-18(23-12-17(13)25-9-3-4-19(25)27)26-21(28)20(14(2)24-26)16-7-5-15(11-22)6-8-16/h5-8,10,12,28H,3-4,9H2,1-2H3. The highest BCUT2D eigenvalue weighted by Gasteiger charge is 2.24. The number of amides is 1. The van der Waals surface area contributed by atoms with Crippen LogP contribution < -0.4 is 4.90 Å². The number of nitrogens with zero attached hydrogens (tertiary/aromatic N) is 5. The fraction of sp³-hybridized carbons (Fsp3) is 0.238. The Morgan fingerprint density at radius 3 is 2.57 bits per heavy atom. The molecular formula is C21H19N5O2. The highest BCUT2D eigenvalue weighted by molar-refractivity contribution is 5.95. The predicted octanol–water partition coefficient (Wildman–Crippen LogP) is 3.26. The topological polar surface area (TPSA) is 95.0 Å². The molecule has 0 atom stereocenters. The summed E-state index contributed by atoms with van der Waals surface area (Å²) in [4.78, 5) is 18.2. The van der Waals surface area contributed by atoms with Gasteiger partial charge in [-0.3, -0.25) is 4.79 Å². The maximum absolute atomic E-state index is 12.0. The van der Waals surface area contributed by atoms with E-state index in [1.165, 1.54) is 4.68 Å². The first-order valence-corrected chi connectivity index (χ1v) is 9.06. The van der Waals surface area contributed by atoms with Crippen LogP contribution in [0.3, 0.4) is 0 Å². The first-order valence-electron chi connectivity index (χ1n) is 9.06. The molecule has 0 saturated carbocycles. The molecule has 2 aromatic heterocycles. The maximum atomic E-state index is 12.0. The summed E-state index contributed by atoms with van der Waals surface area (Å²) >= 11 is 0. The summed E-state index contributed by atoms with van der Waals surface area (Å²) < 4.78 is 1.39. The van der Waals surface area contributed by atoms with E-state index in [0.29, 0.717) is 35.6 Å². The van der Waals surface area contributed by atoms with Crippen LogP contribution in [0.25, 0.3) is 16.9 Å². The molecule has 0 aliphatic carbocycles. The van der Waals surface area contributed by atoms with Crippen molar-refractivity contribution in [1.29, 1.82) is 5.26 Å². The van der Waals surface area contributed by atoms with Gasteiger partial charge in [0.2, 0.25) is 11.8 Å². The molecule has 7 heteroatoms. The van der Waals surface area contributed by atoms with Crippen LogP contribution in [-0.4, -0.2) is 32.3 Å². The van der Waals surface area contributed by atoms with E-state index in [1.54, 1.807) is 35.4 Å². The van der Waals surface area contributed by atoms with Gasteiger partial charge in [0.05, 0.1) is 34.8 Å². The van der Waals surface area contributed by atoms with Gasteiger partial charge in [-0.05, 0) is 49.6 Å². The Morgan fingerprint density at radius 1 is 1.21 bits per heavy atom. The van der Waals surface area contributed by atoms with E-state index in [0.717, 1.165) is 23.2 Å². The second-order valence-electron chi connectivity index (χ2n) is 6.86. The molecule has 4 rings (SSSR count). The van der Waals surface area contributed by atoms with Crippen molar-refractivity contribution in [3.05, 3.63) is 53.3 Å². The third kappa shape index (κ3) is 2.89. The SMILES string of the molecule is Cc1cc(-n2nc(C)c(-c3ccc(C#N)cc3)c2O)ncc1N1CCCC1=O. The molecule has 1 fully saturated rings. The summed E-state index contributed by atoms with van der Waals surface area (Å²) in [6, 6.07) is 10.9. The molecule has 3 aromatic rings. The molecule has 1 saturated heterocycles. The first kappa shape index (κ1) is 17.7. The summed E-state index contributed by atoms with van der Waals surface area (Å²) in [5.74, 6) is 0.575. The lowest BCUT2D eigenvalue weighted by Gasteiger charge is -2.18. The maximum Gasteiger partial charge on any atom is 0.227 e. The Bertz CT molecular complexity index is 1110. The fourth-order valence-corrected chi connectivity index (χ4v) is 3.56. The molecule has 0 radical (unpaired) electrons. The van der Waals surface area contributed by atoms with Crippen LogP contribution >= 0.6 is 0 Å². The van der Waals surface area contributed by atoms with Gasteiger partial charge in [-0.1, -0.05) is 12.1 Å². The van der Waals surface area contributed by atoms with Crippen LogP contribution in [0.15, 0.2) is 36.5 Å². The van der Waals surface area contributed by atoms with Gasteiger partial charge in [0, 0.05) is 13.0 Å². The number of benzene rings is 1. The van der Waals surface area contributed by atoms with Crippen molar-refractivity contribution < 1.29 is 9.90 Å². The minimum absolute atomic E-state index is 0.0147. The Kier molecular flexibility index (Phi) is 4.32. The van der Waals surface area contributed by atoms with Crippen molar-refractivity contribution in [3.63, 3.8) is 0 Å². The quantitative estimate of drug-likeness (QED) is 0.760. The number of aryl methyl sites for hydroxylation is 2. The minimum atomic E-state index is -0.0147. The van der Waals surface area contributed by atoms with Crippen LogP contribution in [0.4, 0.5) is 5.69 Å². The lowest BCUT2D eigenvalue weighted by atomic mass is 10.0. The third-order valence-corrected chi connectivity index (χ3v) is 4.99. The molecule has 1 amide bonds. The Morgan fingerprint density at radius 2 is 1.96 bits per heavy atom. The van der Waals surface area contributed by atoms with Crippen molar-refractivity contribution in [2.75, 3.05) is 11.4 Å². The van der Waals surface area contributed by atoms with E-state index >= 15 is 0 Å². The fourth-order valence-electron chi connectivity index (χ4n) is 3.56. The molecule has 1 aliphatic heterocycles. The normalized spacial score (nSPS) is 13.8. The van der Waals surface area contributed by atoms with E-state index < -0.39 is 0 Å². The van der Waals surface area contributed by atoms with Gasteiger partial charge in [0.1, 0.15) is 0 Å². The number of carbonyl (C=O) groups excluding carboxylic acids is 1. The minimum Gasteiger partial charge on any atom is -0.493 e. The lowest BCUT2D eigenvalue weighted by Crippen LogP contribution is -2.24.